The van der Waals surface area contributed by atoms with Gasteiger partial charge in [0.25, 0.3) is 0 Å². The van der Waals surface area contributed by atoms with Gasteiger partial charge in [-0.15, -0.1) is 0 Å². The van der Waals surface area contributed by atoms with Gasteiger partial charge in [-0.3, -0.25) is 4.99 Å². The summed E-state index contributed by atoms with van der Waals surface area (Å²) in [5.74, 6) is 1.42. The van der Waals surface area contributed by atoms with Crippen molar-refractivity contribution in [2.45, 2.75) is 25.9 Å². The van der Waals surface area contributed by atoms with Gasteiger partial charge in [-0.2, -0.15) is 0 Å². The first-order valence-electron chi connectivity index (χ1n) is 7.87. The molecule has 0 bridgehead atoms. The molecule has 0 amide bonds. The molecular formula is C15H23Cl2N5O. The minimum Gasteiger partial charge on any atom is -0.376 e. The predicted octanol–water partition coefficient (Wildman–Crippen LogP) is 2.53. The van der Waals surface area contributed by atoms with Gasteiger partial charge in [0.05, 0.1) is 22.7 Å². The maximum atomic E-state index is 6.06. The largest absolute Gasteiger partial charge is 0.376 e. The molecule has 128 valence electrons. The highest BCUT2D eigenvalue weighted by molar-refractivity contribution is 6.35. The summed E-state index contributed by atoms with van der Waals surface area (Å²) >= 11 is 11.9. The Kier molecular flexibility index (Phi) is 7.71. The zero-order valence-corrected chi connectivity index (χ0v) is 14.8. The average molecular weight is 360 g/mol. The Morgan fingerprint density at radius 3 is 2.96 bits per heavy atom. The van der Waals surface area contributed by atoms with E-state index in [4.69, 9.17) is 27.9 Å². The van der Waals surface area contributed by atoms with Gasteiger partial charge in [-0.05, 0) is 25.8 Å². The highest BCUT2D eigenvalue weighted by Gasteiger charge is 2.14. The molecule has 1 unspecified atom stereocenters. The molecule has 1 saturated heterocycles. The Morgan fingerprint density at radius 2 is 2.26 bits per heavy atom. The lowest BCUT2D eigenvalue weighted by molar-refractivity contribution is 0.117. The number of ether oxygens (including phenoxy) is 1. The molecule has 2 heterocycles. The Labute approximate surface area is 147 Å². The highest BCUT2D eigenvalue weighted by atomic mass is 35.5. The number of aliphatic imine (C=N–C) groups is 1. The van der Waals surface area contributed by atoms with Crippen molar-refractivity contribution in [3.8, 4) is 0 Å². The normalized spacial score (nSPS) is 18.0. The van der Waals surface area contributed by atoms with Crippen molar-refractivity contribution < 1.29 is 4.74 Å². The second-order valence-corrected chi connectivity index (χ2v) is 6.04. The standard InChI is InChI=1S/C15H23Cl2N5O/c1-2-18-15(22-10-12-4-3-7-23-12)20-6-5-19-14-13(17)8-11(16)9-21-14/h8-9,12H,2-7,10H2,1H3,(H,19,21)(H2,18,20,22). The fourth-order valence-corrected chi connectivity index (χ4v) is 2.68. The minimum absolute atomic E-state index is 0.251. The number of guanidine groups is 1. The lowest BCUT2D eigenvalue weighted by Crippen LogP contribution is -2.40. The van der Waals surface area contributed by atoms with E-state index in [1.54, 1.807) is 12.3 Å². The summed E-state index contributed by atoms with van der Waals surface area (Å²) in [6.45, 7) is 5.75. The van der Waals surface area contributed by atoms with E-state index in [0.29, 0.717) is 35.5 Å². The lowest BCUT2D eigenvalue weighted by atomic mass is 10.2. The fraction of sp³-hybridized carbons (Fsp3) is 0.600. The molecule has 8 heteroatoms. The maximum Gasteiger partial charge on any atom is 0.191 e. The monoisotopic (exact) mass is 359 g/mol. The molecule has 0 aliphatic carbocycles. The van der Waals surface area contributed by atoms with Crippen LogP contribution in [0.5, 0.6) is 0 Å². The maximum absolute atomic E-state index is 6.06. The van der Waals surface area contributed by atoms with E-state index in [1.165, 1.54) is 0 Å². The fourth-order valence-electron chi connectivity index (χ4n) is 2.23. The van der Waals surface area contributed by atoms with E-state index in [9.17, 15) is 0 Å². The number of rotatable bonds is 7. The lowest BCUT2D eigenvalue weighted by Gasteiger charge is -2.13. The number of anilines is 1. The first-order chi connectivity index (χ1) is 11.2. The van der Waals surface area contributed by atoms with Crippen LogP contribution in [0.15, 0.2) is 17.3 Å². The number of aromatic nitrogens is 1. The van der Waals surface area contributed by atoms with Crippen molar-refractivity contribution in [1.29, 1.82) is 0 Å². The van der Waals surface area contributed by atoms with Crippen LogP contribution in [-0.4, -0.2) is 49.8 Å². The van der Waals surface area contributed by atoms with E-state index < -0.39 is 0 Å². The first-order valence-corrected chi connectivity index (χ1v) is 8.63. The molecule has 0 aromatic carbocycles. The van der Waals surface area contributed by atoms with E-state index in [-0.39, 0.29) is 6.10 Å². The van der Waals surface area contributed by atoms with Crippen molar-refractivity contribution >= 4 is 35.0 Å². The quantitative estimate of drug-likeness (QED) is 0.396. The summed E-state index contributed by atoms with van der Waals surface area (Å²) in [5.41, 5.74) is 0. The number of hydrogen-bond donors (Lipinski definition) is 3. The molecule has 23 heavy (non-hydrogen) atoms. The average Bonchev–Trinajstić information content (AvgIpc) is 3.04. The molecule has 1 aliphatic rings. The number of hydrogen-bond acceptors (Lipinski definition) is 4. The molecule has 6 nitrogen and oxygen atoms in total. The number of halogens is 2. The molecule has 0 saturated carbocycles. The van der Waals surface area contributed by atoms with Gasteiger partial charge < -0.3 is 20.7 Å². The second kappa shape index (κ2) is 9.80. The van der Waals surface area contributed by atoms with Crippen molar-refractivity contribution in [1.82, 2.24) is 15.6 Å². The minimum atomic E-state index is 0.251. The first kappa shape index (κ1) is 18.1. The van der Waals surface area contributed by atoms with Gasteiger partial charge in [-0.1, -0.05) is 23.2 Å². The summed E-state index contributed by atoms with van der Waals surface area (Å²) in [6, 6.07) is 1.67. The van der Waals surface area contributed by atoms with Gasteiger partial charge in [0, 0.05) is 32.4 Å². The molecular weight excluding hydrogens is 337 g/mol. The zero-order chi connectivity index (χ0) is 16.5. The molecule has 1 atom stereocenters. The van der Waals surface area contributed by atoms with Crippen LogP contribution in [-0.2, 0) is 4.74 Å². The van der Waals surface area contributed by atoms with Crippen molar-refractivity contribution in [2.24, 2.45) is 4.99 Å². The van der Waals surface area contributed by atoms with E-state index in [0.717, 1.165) is 32.0 Å². The van der Waals surface area contributed by atoms with Crippen molar-refractivity contribution in [3.63, 3.8) is 0 Å². The Hall–Kier alpha value is -1.24. The van der Waals surface area contributed by atoms with Gasteiger partial charge in [0.15, 0.2) is 5.96 Å². The summed E-state index contributed by atoms with van der Waals surface area (Å²) < 4.78 is 5.58. The van der Waals surface area contributed by atoms with Gasteiger partial charge in [0.1, 0.15) is 5.82 Å². The topological polar surface area (TPSA) is 70.6 Å². The van der Waals surface area contributed by atoms with Crippen LogP contribution < -0.4 is 16.0 Å². The third-order valence-electron chi connectivity index (χ3n) is 3.34. The third kappa shape index (κ3) is 6.41. The molecule has 1 aromatic heterocycles. The van der Waals surface area contributed by atoms with E-state index in [1.807, 2.05) is 6.92 Å². The molecule has 1 aromatic rings. The van der Waals surface area contributed by atoms with Crippen LogP contribution in [0.2, 0.25) is 10.0 Å². The third-order valence-corrected chi connectivity index (χ3v) is 3.83. The molecule has 0 spiro atoms. The summed E-state index contributed by atoms with van der Waals surface area (Å²) in [5, 5.41) is 10.7. The van der Waals surface area contributed by atoms with Crippen LogP contribution in [0.4, 0.5) is 5.82 Å². The van der Waals surface area contributed by atoms with Crippen LogP contribution in [0.1, 0.15) is 19.8 Å². The SMILES string of the molecule is CCNC(=NCC1CCCO1)NCCNc1ncc(Cl)cc1Cl. The van der Waals surface area contributed by atoms with Crippen molar-refractivity contribution in [2.75, 3.05) is 38.1 Å². The molecule has 0 radical (unpaired) electrons. The molecule has 3 N–H and O–H groups in total. The summed E-state index contributed by atoms with van der Waals surface area (Å²) in [6.07, 6.45) is 4.03. The van der Waals surface area contributed by atoms with E-state index >= 15 is 0 Å². The smallest absolute Gasteiger partial charge is 0.191 e. The zero-order valence-electron chi connectivity index (χ0n) is 13.2. The Morgan fingerprint density at radius 1 is 1.39 bits per heavy atom. The van der Waals surface area contributed by atoms with Crippen LogP contribution in [0.3, 0.4) is 0 Å². The number of pyridine rings is 1. The molecule has 2 rings (SSSR count). The number of nitrogens with zero attached hydrogens (tertiary/aromatic N) is 2. The Balaban J connectivity index is 1.73. The van der Waals surface area contributed by atoms with Crippen LogP contribution >= 0.6 is 23.2 Å². The summed E-state index contributed by atoms with van der Waals surface area (Å²) in [4.78, 5) is 8.71. The number of nitrogens with one attached hydrogen (secondary N) is 3. The molecule has 1 fully saturated rings. The predicted molar refractivity (Wildman–Crippen MR) is 95.7 cm³/mol. The molecule has 1 aliphatic heterocycles. The van der Waals surface area contributed by atoms with Crippen LogP contribution in [0, 0.1) is 0 Å². The summed E-state index contributed by atoms with van der Waals surface area (Å²) in [7, 11) is 0. The van der Waals surface area contributed by atoms with Crippen molar-refractivity contribution in [3.05, 3.63) is 22.3 Å². The Bertz CT molecular complexity index is 521. The second-order valence-electron chi connectivity index (χ2n) is 5.19. The van der Waals surface area contributed by atoms with Gasteiger partial charge in [0.2, 0.25) is 0 Å². The van der Waals surface area contributed by atoms with E-state index in [2.05, 4.69) is 25.9 Å². The highest BCUT2D eigenvalue weighted by Crippen LogP contribution is 2.21. The van der Waals surface area contributed by atoms with Gasteiger partial charge >= 0.3 is 0 Å². The van der Waals surface area contributed by atoms with Gasteiger partial charge in [-0.25, -0.2) is 4.98 Å². The van der Waals surface area contributed by atoms with Crippen LogP contribution in [0.25, 0.3) is 0 Å².